The third-order valence-electron chi connectivity index (χ3n) is 3.54. The maximum atomic E-state index is 3.59. The molecule has 17 heavy (non-hydrogen) atoms. The van der Waals surface area contributed by atoms with Gasteiger partial charge in [0.25, 0.3) is 0 Å². The van der Waals surface area contributed by atoms with E-state index in [0.29, 0.717) is 6.04 Å². The van der Waals surface area contributed by atoms with Gasteiger partial charge in [0.1, 0.15) is 0 Å². The van der Waals surface area contributed by atoms with Gasteiger partial charge in [0.15, 0.2) is 0 Å². The van der Waals surface area contributed by atoms with Crippen LogP contribution in [0.2, 0.25) is 0 Å². The maximum absolute atomic E-state index is 3.59. The molecule has 2 nitrogen and oxygen atoms in total. The van der Waals surface area contributed by atoms with Crippen molar-refractivity contribution < 1.29 is 0 Å². The number of hydrogen-bond acceptors (Lipinski definition) is 2. The minimum Gasteiger partial charge on any atom is -0.365 e. The Morgan fingerprint density at radius 2 is 1.94 bits per heavy atom. The van der Waals surface area contributed by atoms with Gasteiger partial charge in [-0.1, -0.05) is 15.9 Å². The molecule has 1 N–H and O–H groups in total. The van der Waals surface area contributed by atoms with Crippen LogP contribution in [-0.2, 0) is 0 Å². The molecule has 0 bridgehead atoms. The Bertz CT molecular complexity index is 372. The fraction of sp³-hybridized carbons (Fsp3) is 0.571. The van der Waals surface area contributed by atoms with Gasteiger partial charge in [0.2, 0.25) is 0 Å². The Morgan fingerprint density at radius 1 is 1.29 bits per heavy atom. The molecule has 94 valence electrons. The summed E-state index contributed by atoms with van der Waals surface area (Å²) in [5, 5.41) is 3.59. The lowest BCUT2D eigenvalue weighted by Crippen LogP contribution is -2.49. The average Bonchev–Trinajstić information content (AvgIpc) is 2.41. The van der Waals surface area contributed by atoms with E-state index in [9.17, 15) is 0 Å². The van der Waals surface area contributed by atoms with Crippen LogP contribution in [0, 0.1) is 0 Å². The summed E-state index contributed by atoms with van der Waals surface area (Å²) in [7, 11) is 0. The molecule has 0 aromatic heterocycles. The van der Waals surface area contributed by atoms with Crippen molar-refractivity contribution in [2.45, 2.75) is 38.8 Å². The summed E-state index contributed by atoms with van der Waals surface area (Å²) in [6.07, 6.45) is 1.19. The molecule has 1 aliphatic rings. The largest absolute Gasteiger partial charge is 0.365 e. The monoisotopic (exact) mass is 296 g/mol. The van der Waals surface area contributed by atoms with Crippen molar-refractivity contribution in [2.75, 3.05) is 18.0 Å². The van der Waals surface area contributed by atoms with Crippen molar-refractivity contribution in [1.82, 2.24) is 5.32 Å². The van der Waals surface area contributed by atoms with Crippen LogP contribution >= 0.6 is 15.9 Å². The van der Waals surface area contributed by atoms with Crippen molar-refractivity contribution in [1.29, 1.82) is 0 Å². The summed E-state index contributed by atoms with van der Waals surface area (Å²) in [4.78, 5) is 2.51. The van der Waals surface area contributed by atoms with Crippen molar-refractivity contribution in [3.05, 3.63) is 28.7 Å². The summed E-state index contributed by atoms with van der Waals surface area (Å²) in [6.45, 7) is 9.02. The molecule has 3 heteroatoms. The number of rotatable bonds is 1. The van der Waals surface area contributed by atoms with E-state index in [1.54, 1.807) is 0 Å². The molecule has 0 radical (unpaired) electrons. The van der Waals surface area contributed by atoms with Gasteiger partial charge in [-0.15, -0.1) is 0 Å². The van der Waals surface area contributed by atoms with E-state index < -0.39 is 0 Å². The van der Waals surface area contributed by atoms with Crippen LogP contribution < -0.4 is 10.2 Å². The molecule has 1 fully saturated rings. The third kappa shape index (κ3) is 3.02. The van der Waals surface area contributed by atoms with Gasteiger partial charge in [-0.25, -0.2) is 0 Å². The van der Waals surface area contributed by atoms with Crippen molar-refractivity contribution in [2.24, 2.45) is 0 Å². The SMILES string of the molecule is CC1CCN(c2ccc(Br)cc2)C(C)(C)CN1. The van der Waals surface area contributed by atoms with Crippen LogP contribution in [0.15, 0.2) is 28.7 Å². The van der Waals surface area contributed by atoms with E-state index in [0.717, 1.165) is 17.6 Å². The van der Waals surface area contributed by atoms with Gasteiger partial charge >= 0.3 is 0 Å². The predicted octanol–water partition coefficient (Wildman–Crippen LogP) is 3.42. The minimum atomic E-state index is 0.165. The van der Waals surface area contributed by atoms with Crippen molar-refractivity contribution in [3.63, 3.8) is 0 Å². The number of benzene rings is 1. The number of hydrogen-bond donors (Lipinski definition) is 1. The summed E-state index contributed by atoms with van der Waals surface area (Å²) in [6, 6.07) is 9.24. The summed E-state index contributed by atoms with van der Waals surface area (Å²) in [5.41, 5.74) is 1.48. The highest BCUT2D eigenvalue weighted by Crippen LogP contribution is 2.27. The zero-order valence-electron chi connectivity index (χ0n) is 10.8. The lowest BCUT2D eigenvalue weighted by atomic mass is 10.0. The van der Waals surface area contributed by atoms with Gasteiger partial charge in [0, 0.05) is 34.8 Å². The first-order valence-electron chi connectivity index (χ1n) is 6.26. The fourth-order valence-electron chi connectivity index (χ4n) is 2.35. The molecule has 0 saturated carbocycles. The maximum Gasteiger partial charge on any atom is 0.0470 e. The van der Waals surface area contributed by atoms with E-state index in [1.165, 1.54) is 12.1 Å². The number of anilines is 1. The number of halogens is 1. The highest BCUT2D eigenvalue weighted by Gasteiger charge is 2.29. The first-order chi connectivity index (χ1) is 7.99. The Kier molecular flexibility index (Phi) is 3.79. The molecule has 1 heterocycles. The molecule has 1 unspecified atom stereocenters. The standard InChI is InChI=1S/C14H21BrN2/c1-11-8-9-17(14(2,3)10-16-11)13-6-4-12(15)5-7-13/h4-7,11,16H,8-10H2,1-3H3. The summed E-state index contributed by atoms with van der Waals surface area (Å²) >= 11 is 3.49. The highest BCUT2D eigenvalue weighted by atomic mass is 79.9. The topological polar surface area (TPSA) is 15.3 Å². The van der Waals surface area contributed by atoms with Gasteiger partial charge < -0.3 is 10.2 Å². The molecule has 1 aromatic carbocycles. The second kappa shape index (κ2) is 4.99. The van der Waals surface area contributed by atoms with Crippen molar-refractivity contribution >= 4 is 21.6 Å². The summed E-state index contributed by atoms with van der Waals surface area (Å²) < 4.78 is 1.14. The molecule has 1 atom stereocenters. The third-order valence-corrected chi connectivity index (χ3v) is 4.07. The molecule has 0 amide bonds. The van der Waals surface area contributed by atoms with Crippen LogP contribution in [0.3, 0.4) is 0 Å². The van der Waals surface area contributed by atoms with Crippen LogP contribution in [-0.4, -0.2) is 24.7 Å². The van der Waals surface area contributed by atoms with Gasteiger partial charge in [-0.2, -0.15) is 0 Å². The van der Waals surface area contributed by atoms with E-state index in [4.69, 9.17) is 0 Å². The Labute approximate surface area is 113 Å². The molecular weight excluding hydrogens is 276 g/mol. The molecule has 0 aliphatic carbocycles. The lowest BCUT2D eigenvalue weighted by molar-refractivity contribution is 0.447. The van der Waals surface area contributed by atoms with Crippen molar-refractivity contribution in [3.8, 4) is 0 Å². The average molecular weight is 297 g/mol. The van der Waals surface area contributed by atoms with Crippen LogP contribution in [0.25, 0.3) is 0 Å². The summed E-state index contributed by atoms with van der Waals surface area (Å²) in [5.74, 6) is 0. The Morgan fingerprint density at radius 3 is 2.59 bits per heavy atom. The van der Waals surface area contributed by atoms with Gasteiger partial charge in [-0.05, 0) is 51.5 Å². The molecule has 0 spiro atoms. The number of nitrogens with one attached hydrogen (secondary N) is 1. The highest BCUT2D eigenvalue weighted by molar-refractivity contribution is 9.10. The molecule has 1 saturated heterocycles. The second-order valence-corrected chi connectivity index (χ2v) is 6.43. The van der Waals surface area contributed by atoms with Crippen LogP contribution in [0.1, 0.15) is 27.2 Å². The van der Waals surface area contributed by atoms with Crippen LogP contribution in [0.4, 0.5) is 5.69 Å². The zero-order chi connectivity index (χ0) is 12.5. The first kappa shape index (κ1) is 12.9. The zero-order valence-corrected chi connectivity index (χ0v) is 12.4. The smallest absolute Gasteiger partial charge is 0.0470 e. The second-order valence-electron chi connectivity index (χ2n) is 5.51. The molecule has 1 aromatic rings. The predicted molar refractivity (Wildman–Crippen MR) is 77.6 cm³/mol. The lowest BCUT2D eigenvalue weighted by Gasteiger charge is -2.39. The number of nitrogens with zero attached hydrogens (tertiary/aromatic N) is 1. The normalized spacial score (nSPS) is 24.5. The van der Waals surface area contributed by atoms with Gasteiger partial charge in [0.05, 0.1) is 0 Å². The first-order valence-corrected chi connectivity index (χ1v) is 7.05. The fourth-order valence-corrected chi connectivity index (χ4v) is 2.61. The molecule has 1 aliphatic heterocycles. The van der Waals surface area contributed by atoms with E-state index in [2.05, 4.69) is 71.2 Å². The van der Waals surface area contributed by atoms with Crippen LogP contribution in [0.5, 0.6) is 0 Å². The quantitative estimate of drug-likeness (QED) is 0.854. The van der Waals surface area contributed by atoms with Gasteiger partial charge in [-0.3, -0.25) is 0 Å². The Hall–Kier alpha value is -0.540. The Balaban J connectivity index is 2.25. The van der Waals surface area contributed by atoms with E-state index in [1.807, 2.05) is 0 Å². The van der Waals surface area contributed by atoms with E-state index in [-0.39, 0.29) is 5.54 Å². The molecular formula is C14H21BrN2. The molecule has 2 rings (SSSR count). The minimum absolute atomic E-state index is 0.165. The van der Waals surface area contributed by atoms with E-state index >= 15 is 0 Å².